The van der Waals surface area contributed by atoms with Gasteiger partial charge in [-0.15, -0.1) is 0 Å². The van der Waals surface area contributed by atoms with Gasteiger partial charge < -0.3 is 0 Å². The maximum absolute atomic E-state index is 11.6. The SMILES string of the molecule is C=CC(=O)CCCCCCCCCCCCC.CCCCCCCCCCCCCC(=O)C(C)CC. The van der Waals surface area contributed by atoms with Gasteiger partial charge in [-0.3, -0.25) is 9.59 Å². The molecule has 214 valence electrons. The number of Topliss-reactive ketones (excluding diaryl/α,β-unsaturated/α-hetero) is 1. The van der Waals surface area contributed by atoms with Crippen molar-refractivity contribution in [3.63, 3.8) is 0 Å². The van der Waals surface area contributed by atoms with Crippen LogP contribution in [-0.2, 0) is 9.59 Å². The van der Waals surface area contributed by atoms with Crippen LogP contribution in [0.1, 0.15) is 188 Å². The summed E-state index contributed by atoms with van der Waals surface area (Å²) in [5.74, 6) is 0.947. The Labute approximate surface area is 227 Å². The van der Waals surface area contributed by atoms with Gasteiger partial charge in [0.05, 0.1) is 0 Å². The zero-order valence-electron chi connectivity index (χ0n) is 25.4. The number of ketones is 2. The Morgan fingerprint density at radius 3 is 1.14 bits per heavy atom. The second-order valence-electron chi connectivity index (χ2n) is 11.0. The van der Waals surface area contributed by atoms with Crippen molar-refractivity contribution in [2.45, 2.75) is 188 Å². The van der Waals surface area contributed by atoms with Gasteiger partial charge in [0.2, 0.25) is 0 Å². The van der Waals surface area contributed by atoms with Gasteiger partial charge in [-0.25, -0.2) is 0 Å². The lowest BCUT2D eigenvalue weighted by atomic mass is 9.98. The predicted molar refractivity (Wildman–Crippen MR) is 162 cm³/mol. The summed E-state index contributed by atoms with van der Waals surface area (Å²) < 4.78 is 0. The molecule has 0 heterocycles. The third kappa shape index (κ3) is 31.1. The quantitative estimate of drug-likeness (QED) is 0.0819. The molecule has 0 bridgehead atoms. The molecule has 0 rings (SSSR count). The van der Waals surface area contributed by atoms with E-state index < -0.39 is 0 Å². The van der Waals surface area contributed by atoms with Crippen molar-refractivity contribution in [2.75, 3.05) is 0 Å². The van der Waals surface area contributed by atoms with Crippen LogP contribution in [0.2, 0.25) is 0 Å². The highest BCUT2D eigenvalue weighted by Gasteiger charge is 2.09. The van der Waals surface area contributed by atoms with E-state index in [1.165, 1.54) is 134 Å². The van der Waals surface area contributed by atoms with Crippen LogP contribution in [0.5, 0.6) is 0 Å². The molecule has 1 atom stereocenters. The average Bonchev–Trinajstić information content (AvgIpc) is 2.89. The van der Waals surface area contributed by atoms with Crippen molar-refractivity contribution in [2.24, 2.45) is 5.92 Å². The summed E-state index contributed by atoms with van der Waals surface area (Å²) in [5.41, 5.74) is 0. The van der Waals surface area contributed by atoms with Crippen LogP contribution < -0.4 is 0 Å². The highest BCUT2D eigenvalue weighted by Crippen LogP contribution is 2.14. The van der Waals surface area contributed by atoms with Gasteiger partial charge in [0.15, 0.2) is 5.78 Å². The minimum atomic E-state index is 0.195. The molecular formula is C34H66O2. The largest absolute Gasteiger partial charge is 0.299 e. The smallest absolute Gasteiger partial charge is 0.155 e. The van der Waals surface area contributed by atoms with Crippen molar-refractivity contribution in [1.82, 2.24) is 0 Å². The van der Waals surface area contributed by atoms with Crippen molar-refractivity contribution < 1.29 is 9.59 Å². The molecule has 36 heavy (non-hydrogen) atoms. The Bertz CT molecular complexity index is 468. The molecule has 0 aromatic rings. The highest BCUT2D eigenvalue weighted by atomic mass is 16.1. The van der Waals surface area contributed by atoms with Crippen LogP contribution in [0, 0.1) is 5.92 Å². The fourth-order valence-corrected chi connectivity index (χ4v) is 4.50. The van der Waals surface area contributed by atoms with E-state index in [1.54, 1.807) is 0 Å². The Morgan fingerprint density at radius 1 is 0.528 bits per heavy atom. The van der Waals surface area contributed by atoms with Crippen molar-refractivity contribution in [3.8, 4) is 0 Å². The fourth-order valence-electron chi connectivity index (χ4n) is 4.50. The van der Waals surface area contributed by atoms with Gasteiger partial charge in [-0.2, -0.15) is 0 Å². The summed E-state index contributed by atoms with van der Waals surface area (Å²) >= 11 is 0. The fraction of sp³-hybridized carbons (Fsp3) is 0.882. The monoisotopic (exact) mass is 507 g/mol. The van der Waals surface area contributed by atoms with E-state index in [9.17, 15) is 9.59 Å². The standard InChI is InChI=1S/C18H36O.C16H30O/c1-4-6-7-8-9-10-11-12-13-14-15-16-18(19)17(3)5-2;1-3-5-6-7-8-9-10-11-12-13-14-15-16(17)4-2/h17H,4-16H2,1-3H3;4H,2-3,5-15H2,1H3. The predicted octanol–water partition coefficient (Wildman–Crippen LogP) is 11.7. The molecule has 1 unspecified atom stereocenters. The number of unbranched alkanes of at least 4 members (excludes halogenated alkanes) is 20. The second kappa shape index (κ2) is 32.1. The molecule has 0 aliphatic rings. The van der Waals surface area contributed by atoms with Gasteiger partial charge in [0, 0.05) is 18.8 Å². The topological polar surface area (TPSA) is 34.1 Å². The van der Waals surface area contributed by atoms with Gasteiger partial charge in [-0.05, 0) is 25.3 Å². The van der Waals surface area contributed by atoms with E-state index in [-0.39, 0.29) is 11.7 Å². The van der Waals surface area contributed by atoms with E-state index in [4.69, 9.17) is 0 Å². The summed E-state index contributed by atoms with van der Waals surface area (Å²) in [6, 6.07) is 0. The first-order valence-corrected chi connectivity index (χ1v) is 16.2. The normalized spacial score (nSPS) is 11.6. The van der Waals surface area contributed by atoms with E-state index in [0.717, 1.165) is 25.7 Å². The lowest BCUT2D eigenvalue weighted by Crippen LogP contribution is -2.09. The molecule has 0 amide bonds. The maximum Gasteiger partial charge on any atom is 0.155 e. The van der Waals surface area contributed by atoms with Gasteiger partial charge in [0.1, 0.15) is 5.78 Å². The van der Waals surface area contributed by atoms with E-state index >= 15 is 0 Å². The zero-order valence-corrected chi connectivity index (χ0v) is 25.4. The van der Waals surface area contributed by atoms with Crippen LogP contribution in [0.3, 0.4) is 0 Å². The van der Waals surface area contributed by atoms with Crippen LogP contribution in [0.15, 0.2) is 12.7 Å². The minimum Gasteiger partial charge on any atom is -0.299 e. The Kier molecular flexibility index (Phi) is 33.2. The van der Waals surface area contributed by atoms with Crippen LogP contribution >= 0.6 is 0 Å². The van der Waals surface area contributed by atoms with E-state index in [2.05, 4.69) is 34.3 Å². The summed E-state index contributed by atoms with van der Waals surface area (Å²) in [7, 11) is 0. The molecule has 0 fully saturated rings. The average molecular weight is 507 g/mol. The molecule has 0 spiro atoms. The minimum absolute atomic E-state index is 0.195. The molecule has 0 saturated heterocycles. The van der Waals surface area contributed by atoms with Crippen LogP contribution in [0.4, 0.5) is 0 Å². The van der Waals surface area contributed by atoms with Crippen molar-refractivity contribution >= 4 is 11.6 Å². The lowest BCUT2D eigenvalue weighted by molar-refractivity contribution is -0.122. The lowest BCUT2D eigenvalue weighted by Gasteiger charge is -2.06. The second-order valence-corrected chi connectivity index (χ2v) is 11.0. The number of hydrogen-bond donors (Lipinski definition) is 0. The number of hydrogen-bond acceptors (Lipinski definition) is 2. The van der Waals surface area contributed by atoms with Gasteiger partial charge >= 0.3 is 0 Å². The van der Waals surface area contributed by atoms with Gasteiger partial charge in [-0.1, -0.05) is 163 Å². The molecule has 0 aromatic carbocycles. The molecule has 0 aliphatic carbocycles. The van der Waals surface area contributed by atoms with E-state index in [0.29, 0.717) is 12.2 Å². The molecule has 2 nitrogen and oxygen atoms in total. The number of carbonyl (C=O) groups excluding carboxylic acids is 2. The van der Waals surface area contributed by atoms with Crippen LogP contribution in [0.25, 0.3) is 0 Å². The van der Waals surface area contributed by atoms with Gasteiger partial charge in [0.25, 0.3) is 0 Å². The Morgan fingerprint density at radius 2 is 0.833 bits per heavy atom. The number of rotatable bonds is 27. The van der Waals surface area contributed by atoms with Crippen molar-refractivity contribution in [1.29, 1.82) is 0 Å². The Balaban J connectivity index is 0. The zero-order chi connectivity index (χ0) is 27.1. The number of carbonyl (C=O) groups is 2. The molecule has 0 radical (unpaired) electrons. The molecule has 2 heteroatoms. The summed E-state index contributed by atoms with van der Waals surface area (Å²) in [6.07, 6.45) is 33.5. The number of allylic oxidation sites excluding steroid dienone is 1. The highest BCUT2D eigenvalue weighted by molar-refractivity contribution is 5.88. The molecular weight excluding hydrogens is 440 g/mol. The molecule has 0 saturated carbocycles. The Hall–Kier alpha value is -0.920. The molecule has 0 aliphatic heterocycles. The first kappa shape index (κ1) is 37.2. The third-order valence-corrected chi connectivity index (χ3v) is 7.44. The molecule has 0 aromatic heterocycles. The van der Waals surface area contributed by atoms with Crippen molar-refractivity contribution in [3.05, 3.63) is 12.7 Å². The maximum atomic E-state index is 11.6. The summed E-state index contributed by atoms with van der Waals surface area (Å²) in [6.45, 7) is 12.2. The first-order chi connectivity index (χ1) is 17.5. The summed E-state index contributed by atoms with van der Waals surface area (Å²) in [5, 5.41) is 0. The van der Waals surface area contributed by atoms with Crippen LogP contribution in [-0.4, -0.2) is 11.6 Å². The summed E-state index contributed by atoms with van der Waals surface area (Å²) in [4.78, 5) is 22.6. The molecule has 0 N–H and O–H groups in total. The van der Waals surface area contributed by atoms with E-state index in [1.807, 2.05) is 0 Å². The third-order valence-electron chi connectivity index (χ3n) is 7.44. The first-order valence-electron chi connectivity index (χ1n) is 16.2.